The monoisotopic (exact) mass is 384 g/mol. The van der Waals surface area contributed by atoms with Gasteiger partial charge in [0, 0.05) is 18.8 Å². The van der Waals surface area contributed by atoms with Crippen molar-refractivity contribution >= 4 is 16.1 Å². The van der Waals surface area contributed by atoms with E-state index >= 15 is 0 Å². The van der Waals surface area contributed by atoms with Gasteiger partial charge in [0.15, 0.2) is 0 Å². The molecule has 0 fully saturated rings. The van der Waals surface area contributed by atoms with Crippen LogP contribution in [0.1, 0.15) is 71.1 Å². The number of carbonyl (C=O) groups is 1. The van der Waals surface area contributed by atoms with Gasteiger partial charge in [-0.25, -0.2) is 13.2 Å². The van der Waals surface area contributed by atoms with E-state index in [1.54, 1.807) is 0 Å². The van der Waals surface area contributed by atoms with E-state index in [1.807, 2.05) is 0 Å². The fourth-order valence-corrected chi connectivity index (χ4v) is 2.74. The van der Waals surface area contributed by atoms with Crippen LogP contribution in [-0.2, 0) is 10.1 Å². The summed E-state index contributed by atoms with van der Waals surface area (Å²) in [7, 11) is -4.05. The molecule has 0 heterocycles. The molecule has 0 bridgehead atoms. The molecule has 0 atom stereocenters. The van der Waals surface area contributed by atoms with E-state index in [4.69, 9.17) is 0 Å². The molecule has 0 spiro atoms. The van der Waals surface area contributed by atoms with Gasteiger partial charge >= 0.3 is 35.6 Å². The van der Waals surface area contributed by atoms with Crippen LogP contribution < -0.4 is 40.2 Å². The number of carbonyl (C=O) groups excluding carboxylic acids is 1. The van der Waals surface area contributed by atoms with Gasteiger partial charge in [-0.3, -0.25) is 0 Å². The van der Waals surface area contributed by atoms with Crippen LogP contribution in [0.3, 0.4) is 0 Å². The fourth-order valence-electron chi connectivity index (χ4n) is 2.18. The molecule has 0 saturated heterocycles. The van der Waals surface area contributed by atoms with Crippen molar-refractivity contribution in [3.05, 3.63) is 12.2 Å². The molecule has 25 heavy (non-hydrogen) atoms. The second kappa shape index (κ2) is 18.7. The Morgan fingerprint density at radius 2 is 1.40 bits per heavy atom. The molecule has 0 saturated carbocycles. The van der Waals surface area contributed by atoms with Crippen molar-refractivity contribution in [3.63, 3.8) is 0 Å². The van der Waals surface area contributed by atoms with Gasteiger partial charge in [0.25, 0.3) is 0 Å². The SMILES string of the molecule is CCCCCNC(=O)NCCCC/C=C/CCCCCS(=O)(=O)[O-].[Na+]. The van der Waals surface area contributed by atoms with Crippen molar-refractivity contribution in [2.45, 2.75) is 71.1 Å². The average molecular weight is 385 g/mol. The minimum absolute atomic E-state index is 0. The van der Waals surface area contributed by atoms with Crippen molar-refractivity contribution < 1.29 is 47.3 Å². The van der Waals surface area contributed by atoms with Gasteiger partial charge in [0.2, 0.25) is 0 Å². The predicted molar refractivity (Wildman–Crippen MR) is 96.9 cm³/mol. The summed E-state index contributed by atoms with van der Waals surface area (Å²) in [5, 5.41) is 5.69. The van der Waals surface area contributed by atoms with Crippen molar-refractivity contribution in [3.8, 4) is 0 Å². The second-order valence-corrected chi connectivity index (χ2v) is 7.49. The van der Waals surface area contributed by atoms with Crippen LogP contribution in [0.5, 0.6) is 0 Å². The Balaban J connectivity index is 0. The molecule has 0 aliphatic carbocycles. The molecule has 8 heteroatoms. The van der Waals surface area contributed by atoms with Crippen LogP contribution in [0.4, 0.5) is 4.79 Å². The van der Waals surface area contributed by atoms with Gasteiger partial charge in [-0.1, -0.05) is 38.3 Å². The van der Waals surface area contributed by atoms with Gasteiger partial charge in [-0.05, 0) is 44.9 Å². The molecular formula is C17H33N2NaO4S. The Labute approximate surface area is 175 Å². The van der Waals surface area contributed by atoms with Crippen LogP contribution in [0.2, 0.25) is 0 Å². The first-order valence-electron chi connectivity index (χ1n) is 9.06. The zero-order valence-electron chi connectivity index (χ0n) is 15.9. The Hall–Kier alpha value is -0.0800. The summed E-state index contributed by atoms with van der Waals surface area (Å²) in [6.07, 6.45) is 13.5. The summed E-state index contributed by atoms with van der Waals surface area (Å²) in [6.45, 7) is 3.57. The van der Waals surface area contributed by atoms with E-state index in [-0.39, 0.29) is 41.3 Å². The maximum absolute atomic E-state index is 11.4. The van der Waals surface area contributed by atoms with Crippen molar-refractivity contribution in [2.24, 2.45) is 0 Å². The molecule has 0 aromatic rings. The molecule has 0 aromatic heterocycles. The van der Waals surface area contributed by atoms with Crippen LogP contribution in [0, 0.1) is 0 Å². The first-order chi connectivity index (χ1) is 11.5. The van der Waals surface area contributed by atoms with Crippen molar-refractivity contribution in [1.82, 2.24) is 10.6 Å². The average Bonchev–Trinajstić information content (AvgIpc) is 2.51. The predicted octanol–water partition coefficient (Wildman–Crippen LogP) is 0.312. The Bertz CT molecular complexity index is 442. The first kappa shape index (κ1) is 27.1. The minimum atomic E-state index is -4.05. The topological polar surface area (TPSA) is 98.3 Å². The van der Waals surface area contributed by atoms with Gasteiger partial charge in [-0.2, -0.15) is 0 Å². The summed E-state index contributed by atoms with van der Waals surface area (Å²) < 4.78 is 31.2. The molecule has 0 rings (SSSR count). The summed E-state index contributed by atoms with van der Waals surface area (Å²) >= 11 is 0. The molecule has 0 unspecified atom stereocenters. The maximum Gasteiger partial charge on any atom is 1.00 e. The number of rotatable bonds is 15. The van der Waals surface area contributed by atoms with E-state index in [9.17, 15) is 17.8 Å². The summed E-state index contributed by atoms with van der Waals surface area (Å²) in [5.41, 5.74) is 0. The fraction of sp³-hybridized carbons (Fsp3) is 0.824. The van der Waals surface area contributed by atoms with Crippen LogP contribution in [0.15, 0.2) is 12.2 Å². The molecule has 0 aliphatic rings. The Morgan fingerprint density at radius 1 is 0.880 bits per heavy atom. The Kier molecular flexibility index (Phi) is 20.3. The summed E-state index contributed by atoms with van der Waals surface area (Å²) in [6, 6.07) is -0.0817. The normalized spacial score (nSPS) is 11.3. The Morgan fingerprint density at radius 3 is 1.92 bits per heavy atom. The number of hydrogen-bond acceptors (Lipinski definition) is 4. The van der Waals surface area contributed by atoms with E-state index in [1.165, 1.54) is 0 Å². The van der Waals surface area contributed by atoms with E-state index in [2.05, 4.69) is 29.7 Å². The summed E-state index contributed by atoms with van der Waals surface area (Å²) in [4.78, 5) is 11.4. The van der Waals surface area contributed by atoms with E-state index in [0.29, 0.717) is 13.0 Å². The van der Waals surface area contributed by atoms with Crippen LogP contribution in [0.25, 0.3) is 0 Å². The largest absolute Gasteiger partial charge is 1.00 e. The van der Waals surface area contributed by atoms with Gasteiger partial charge in [-0.15, -0.1) is 0 Å². The quantitative estimate of drug-likeness (QED) is 0.184. The zero-order valence-corrected chi connectivity index (χ0v) is 18.7. The summed E-state index contributed by atoms with van der Waals surface area (Å²) in [5.74, 6) is -0.254. The molecule has 142 valence electrons. The maximum atomic E-state index is 11.4. The number of urea groups is 1. The molecule has 6 nitrogen and oxygen atoms in total. The van der Waals surface area contributed by atoms with E-state index in [0.717, 1.165) is 64.3 Å². The minimum Gasteiger partial charge on any atom is -0.748 e. The van der Waals surface area contributed by atoms with Gasteiger partial charge in [0.05, 0.1) is 10.1 Å². The van der Waals surface area contributed by atoms with Gasteiger partial charge in [0.1, 0.15) is 0 Å². The third-order valence-electron chi connectivity index (χ3n) is 3.58. The van der Waals surface area contributed by atoms with Crippen LogP contribution in [-0.4, -0.2) is 37.8 Å². The molecular weight excluding hydrogens is 351 g/mol. The van der Waals surface area contributed by atoms with E-state index < -0.39 is 10.1 Å². The molecule has 2 amide bonds. The van der Waals surface area contributed by atoms with Gasteiger partial charge < -0.3 is 15.2 Å². The number of amides is 2. The number of hydrogen-bond donors (Lipinski definition) is 2. The molecule has 2 N–H and O–H groups in total. The molecule has 0 radical (unpaired) electrons. The first-order valence-corrected chi connectivity index (χ1v) is 10.6. The molecule has 0 aliphatic heterocycles. The number of nitrogens with one attached hydrogen (secondary N) is 2. The third kappa shape index (κ3) is 23.9. The van der Waals surface area contributed by atoms with Crippen LogP contribution >= 0.6 is 0 Å². The smallest absolute Gasteiger partial charge is 0.748 e. The zero-order chi connectivity index (χ0) is 18.1. The second-order valence-electron chi connectivity index (χ2n) is 5.97. The third-order valence-corrected chi connectivity index (χ3v) is 4.37. The van der Waals surface area contributed by atoms with Crippen molar-refractivity contribution in [1.29, 1.82) is 0 Å². The van der Waals surface area contributed by atoms with Crippen molar-refractivity contribution in [2.75, 3.05) is 18.8 Å². The standard InChI is InChI=1S/C17H34N2O4S.Na/c1-2-3-11-14-18-17(20)19-15-12-9-7-5-4-6-8-10-13-16-24(21,22)23;/h4-5H,2-3,6-16H2,1H3,(H2,18,19,20)(H,21,22,23);/q;+1/p-1/b5-4+;. The molecule has 0 aromatic carbocycles. The number of allylic oxidation sites excluding steroid dienone is 2. The number of unbranched alkanes of at least 4 members (excludes halogenated alkanes) is 7.